The second-order valence-electron chi connectivity index (χ2n) is 5.04. The van der Waals surface area contributed by atoms with Gasteiger partial charge in [0.1, 0.15) is 5.75 Å². The smallest absolute Gasteiger partial charge is 0.258 e. The number of carbonyl (C=O) groups excluding carboxylic acids is 1. The van der Waals surface area contributed by atoms with Crippen molar-refractivity contribution in [2.75, 3.05) is 12.3 Å². The number of carbonyl (C=O) groups is 1. The van der Waals surface area contributed by atoms with Crippen LogP contribution >= 0.6 is 0 Å². The van der Waals surface area contributed by atoms with Crippen LogP contribution in [0.25, 0.3) is 0 Å². The second-order valence-corrected chi connectivity index (χ2v) is 5.04. The van der Waals surface area contributed by atoms with E-state index in [1.54, 1.807) is 24.3 Å². The van der Waals surface area contributed by atoms with E-state index in [-0.39, 0.29) is 12.5 Å². The van der Waals surface area contributed by atoms with Crippen LogP contribution in [0.1, 0.15) is 26.2 Å². The van der Waals surface area contributed by atoms with Gasteiger partial charge in [-0.1, -0.05) is 13.0 Å². The van der Waals surface area contributed by atoms with E-state index in [1.165, 1.54) is 6.42 Å². The summed E-state index contributed by atoms with van der Waals surface area (Å²) in [5, 5.41) is 3.00. The van der Waals surface area contributed by atoms with Gasteiger partial charge in [-0.3, -0.25) is 4.79 Å². The Bertz CT molecular complexity index is 420. The highest BCUT2D eigenvalue weighted by molar-refractivity contribution is 5.77. The van der Waals surface area contributed by atoms with Gasteiger partial charge in [-0.15, -0.1) is 0 Å². The van der Waals surface area contributed by atoms with Crippen molar-refractivity contribution < 1.29 is 9.53 Å². The average Bonchev–Trinajstić information content (AvgIpc) is 2.72. The normalized spacial score (nSPS) is 22.7. The lowest BCUT2D eigenvalue weighted by molar-refractivity contribution is -0.123. The summed E-state index contributed by atoms with van der Waals surface area (Å²) < 4.78 is 5.39. The fourth-order valence-electron chi connectivity index (χ4n) is 2.36. The van der Waals surface area contributed by atoms with E-state index in [0.29, 0.717) is 23.4 Å². The molecule has 0 aromatic heterocycles. The van der Waals surface area contributed by atoms with Crippen LogP contribution < -0.4 is 15.8 Å². The Morgan fingerprint density at radius 2 is 2.33 bits per heavy atom. The number of nitrogens with one attached hydrogen (secondary N) is 1. The molecule has 1 aromatic rings. The molecule has 0 aliphatic heterocycles. The Morgan fingerprint density at radius 3 is 3.00 bits per heavy atom. The summed E-state index contributed by atoms with van der Waals surface area (Å²) in [4.78, 5) is 11.7. The molecule has 0 heterocycles. The highest BCUT2D eigenvalue weighted by Gasteiger charge is 2.22. The van der Waals surface area contributed by atoms with Crippen LogP contribution in [0.3, 0.4) is 0 Å². The van der Waals surface area contributed by atoms with Crippen LogP contribution in [-0.2, 0) is 4.79 Å². The molecular weight excluding hydrogens is 228 g/mol. The first-order valence-corrected chi connectivity index (χ1v) is 6.41. The average molecular weight is 248 g/mol. The van der Waals surface area contributed by atoms with Crippen LogP contribution in [0.4, 0.5) is 5.69 Å². The van der Waals surface area contributed by atoms with Crippen molar-refractivity contribution in [2.24, 2.45) is 5.92 Å². The first kappa shape index (κ1) is 12.7. The summed E-state index contributed by atoms with van der Waals surface area (Å²) >= 11 is 0. The molecular formula is C14H20N2O2. The molecule has 1 fully saturated rings. The molecule has 18 heavy (non-hydrogen) atoms. The van der Waals surface area contributed by atoms with Crippen LogP contribution in [0.15, 0.2) is 24.3 Å². The Morgan fingerprint density at radius 1 is 1.50 bits per heavy atom. The molecule has 0 radical (unpaired) electrons. The quantitative estimate of drug-likeness (QED) is 0.800. The van der Waals surface area contributed by atoms with Crippen LogP contribution in [0, 0.1) is 5.92 Å². The van der Waals surface area contributed by atoms with Crippen LogP contribution in [0.5, 0.6) is 5.75 Å². The zero-order valence-electron chi connectivity index (χ0n) is 10.7. The summed E-state index contributed by atoms with van der Waals surface area (Å²) in [6, 6.07) is 7.41. The van der Waals surface area contributed by atoms with Gasteiger partial charge >= 0.3 is 0 Å². The number of nitrogens with two attached hydrogens (primary N) is 1. The van der Waals surface area contributed by atoms with Crippen molar-refractivity contribution in [2.45, 2.75) is 32.2 Å². The maximum Gasteiger partial charge on any atom is 0.258 e. The van der Waals surface area contributed by atoms with E-state index in [2.05, 4.69) is 12.2 Å². The molecule has 0 bridgehead atoms. The second kappa shape index (κ2) is 5.76. The molecule has 1 saturated carbocycles. The number of benzene rings is 1. The Labute approximate surface area is 108 Å². The summed E-state index contributed by atoms with van der Waals surface area (Å²) in [5.74, 6) is 1.28. The number of amides is 1. The van der Waals surface area contributed by atoms with Crippen molar-refractivity contribution in [3.05, 3.63) is 24.3 Å². The largest absolute Gasteiger partial charge is 0.484 e. The zero-order chi connectivity index (χ0) is 13.0. The molecule has 1 aromatic carbocycles. The summed E-state index contributed by atoms with van der Waals surface area (Å²) in [5.41, 5.74) is 6.27. The molecule has 2 rings (SSSR count). The lowest BCUT2D eigenvalue weighted by Crippen LogP contribution is -2.36. The molecule has 4 heteroatoms. The molecule has 0 spiro atoms. The topological polar surface area (TPSA) is 64.3 Å². The van der Waals surface area contributed by atoms with Gasteiger partial charge in [-0.05, 0) is 37.3 Å². The summed E-state index contributed by atoms with van der Waals surface area (Å²) in [6.45, 7) is 2.27. The van der Waals surface area contributed by atoms with Crippen molar-refractivity contribution in [3.8, 4) is 5.75 Å². The summed E-state index contributed by atoms with van der Waals surface area (Å²) in [7, 11) is 0. The number of anilines is 1. The SMILES string of the molecule is CC1CCC(NC(=O)COc2cccc(N)c2)C1. The third-order valence-electron chi connectivity index (χ3n) is 3.29. The van der Waals surface area contributed by atoms with E-state index < -0.39 is 0 Å². The Hall–Kier alpha value is -1.71. The molecule has 1 aliphatic carbocycles. The van der Waals surface area contributed by atoms with E-state index in [4.69, 9.17) is 10.5 Å². The van der Waals surface area contributed by atoms with Crippen molar-refractivity contribution >= 4 is 11.6 Å². The highest BCUT2D eigenvalue weighted by Crippen LogP contribution is 2.24. The van der Waals surface area contributed by atoms with Gasteiger partial charge in [-0.2, -0.15) is 0 Å². The molecule has 1 aliphatic rings. The van der Waals surface area contributed by atoms with Gasteiger partial charge < -0.3 is 15.8 Å². The van der Waals surface area contributed by atoms with Gasteiger partial charge in [0.05, 0.1) is 0 Å². The minimum Gasteiger partial charge on any atom is -0.484 e. The molecule has 98 valence electrons. The molecule has 2 unspecified atom stereocenters. The monoisotopic (exact) mass is 248 g/mol. The number of rotatable bonds is 4. The van der Waals surface area contributed by atoms with Crippen LogP contribution in [0.2, 0.25) is 0 Å². The molecule has 4 nitrogen and oxygen atoms in total. The molecule has 1 amide bonds. The van der Waals surface area contributed by atoms with Gasteiger partial charge in [0.15, 0.2) is 6.61 Å². The number of nitrogen functional groups attached to an aromatic ring is 1. The van der Waals surface area contributed by atoms with E-state index >= 15 is 0 Å². The van der Waals surface area contributed by atoms with Crippen molar-refractivity contribution in [1.82, 2.24) is 5.32 Å². The standard InChI is InChI=1S/C14H20N2O2/c1-10-5-6-12(7-10)16-14(17)9-18-13-4-2-3-11(15)8-13/h2-4,8,10,12H,5-7,9,15H2,1H3,(H,16,17). The molecule has 2 atom stereocenters. The number of hydrogen-bond acceptors (Lipinski definition) is 3. The maximum atomic E-state index is 11.7. The van der Waals surface area contributed by atoms with Gasteiger partial charge in [0.2, 0.25) is 0 Å². The molecule has 3 N–H and O–H groups in total. The van der Waals surface area contributed by atoms with Crippen LogP contribution in [-0.4, -0.2) is 18.6 Å². The minimum absolute atomic E-state index is 0.0499. The van der Waals surface area contributed by atoms with Gasteiger partial charge in [0.25, 0.3) is 5.91 Å². The number of ether oxygens (including phenoxy) is 1. The molecule has 0 saturated heterocycles. The third-order valence-corrected chi connectivity index (χ3v) is 3.29. The summed E-state index contributed by atoms with van der Waals surface area (Å²) in [6.07, 6.45) is 3.34. The van der Waals surface area contributed by atoms with Crippen molar-refractivity contribution in [3.63, 3.8) is 0 Å². The first-order valence-electron chi connectivity index (χ1n) is 6.41. The predicted octanol–water partition coefficient (Wildman–Crippen LogP) is 1.95. The van der Waals surface area contributed by atoms with Gasteiger partial charge in [-0.25, -0.2) is 0 Å². The lowest BCUT2D eigenvalue weighted by atomic mass is 10.1. The lowest BCUT2D eigenvalue weighted by Gasteiger charge is -2.13. The minimum atomic E-state index is -0.0588. The number of hydrogen-bond donors (Lipinski definition) is 2. The van der Waals surface area contributed by atoms with E-state index in [9.17, 15) is 4.79 Å². The third kappa shape index (κ3) is 3.65. The van der Waals surface area contributed by atoms with E-state index in [1.807, 2.05) is 0 Å². The zero-order valence-corrected chi connectivity index (χ0v) is 10.7. The van der Waals surface area contributed by atoms with E-state index in [0.717, 1.165) is 12.8 Å². The maximum absolute atomic E-state index is 11.7. The predicted molar refractivity (Wildman–Crippen MR) is 71.3 cm³/mol. The Balaban J connectivity index is 1.75. The Kier molecular flexibility index (Phi) is 4.07. The first-order chi connectivity index (χ1) is 8.63. The fraction of sp³-hybridized carbons (Fsp3) is 0.500. The highest BCUT2D eigenvalue weighted by atomic mass is 16.5. The fourth-order valence-corrected chi connectivity index (χ4v) is 2.36. The van der Waals surface area contributed by atoms with Gasteiger partial charge in [0, 0.05) is 17.8 Å². The van der Waals surface area contributed by atoms with Crippen molar-refractivity contribution in [1.29, 1.82) is 0 Å².